The summed E-state index contributed by atoms with van der Waals surface area (Å²) >= 11 is 0. The number of hydrogen-bond donors (Lipinski definition) is 1. The van der Waals surface area contributed by atoms with Gasteiger partial charge in [-0.1, -0.05) is 30.3 Å². The Labute approximate surface area is 76.0 Å². The van der Waals surface area contributed by atoms with E-state index >= 15 is 0 Å². The molecule has 1 rings (SSSR count). The van der Waals surface area contributed by atoms with Crippen molar-refractivity contribution in [3.63, 3.8) is 0 Å². The minimum atomic E-state index is -1.23. The van der Waals surface area contributed by atoms with Crippen LogP contribution >= 0.6 is 0 Å². The molecule has 0 radical (unpaired) electrons. The second kappa shape index (κ2) is 3.96. The molecule has 1 aromatic rings. The maximum absolute atomic E-state index is 11.3. The molecule has 0 aliphatic heterocycles. The second-order valence-electron chi connectivity index (χ2n) is 2.74. The molecule has 0 bridgehead atoms. The van der Waals surface area contributed by atoms with E-state index in [9.17, 15) is 9.59 Å². The molecule has 1 aromatic carbocycles. The molecule has 0 aliphatic carbocycles. The lowest BCUT2D eigenvalue weighted by molar-refractivity contribution is -0.121. The number of carbonyl (C=O) groups is 2. The minimum Gasteiger partial charge on any atom is -0.385 e. The fourth-order valence-corrected chi connectivity index (χ4v) is 0.922. The standard InChI is InChI=1S/C10H10O3/c1-7(11)9(12)10(13)8-5-3-2-4-6-8/h2-7,11H,1H3. The predicted octanol–water partition coefficient (Wildman–Crippen LogP) is 0.819. The molecule has 1 N–H and O–H groups in total. The van der Waals surface area contributed by atoms with Crippen molar-refractivity contribution in [1.29, 1.82) is 0 Å². The molecule has 0 saturated carbocycles. The van der Waals surface area contributed by atoms with Gasteiger partial charge in [-0.3, -0.25) is 9.59 Å². The number of benzene rings is 1. The Bertz CT molecular complexity index is 314. The summed E-state index contributed by atoms with van der Waals surface area (Å²) in [6.45, 7) is 1.28. The molecular weight excluding hydrogens is 168 g/mol. The van der Waals surface area contributed by atoms with E-state index in [4.69, 9.17) is 5.11 Å². The first-order valence-electron chi connectivity index (χ1n) is 3.94. The third-order valence-electron chi connectivity index (χ3n) is 1.64. The Hall–Kier alpha value is -1.48. The molecule has 1 unspecified atom stereocenters. The van der Waals surface area contributed by atoms with E-state index in [0.717, 1.165) is 0 Å². The van der Waals surface area contributed by atoms with Crippen LogP contribution < -0.4 is 0 Å². The van der Waals surface area contributed by atoms with Gasteiger partial charge in [0.05, 0.1) is 0 Å². The third kappa shape index (κ3) is 2.23. The predicted molar refractivity (Wildman–Crippen MR) is 47.5 cm³/mol. The normalized spacial score (nSPS) is 12.2. The van der Waals surface area contributed by atoms with Crippen LogP contribution in [0.15, 0.2) is 30.3 Å². The Morgan fingerprint density at radius 2 is 1.77 bits per heavy atom. The van der Waals surface area contributed by atoms with Gasteiger partial charge in [-0.2, -0.15) is 0 Å². The number of rotatable bonds is 3. The van der Waals surface area contributed by atoms with Crippen molar-refractivity contribution in [2.75, 3.05) is 0 Å². The molecule has 0 fully saturated rings. The average molecular weight is 178 g/mol. The number of aliphatic hydroxyl groups is 1. The van der Waals surface area contributed by atoms with E-state index in [1.807, 2.05) is 0 Å². The molecule has 0 aromatic heterocycles. The maximum Gasteiger partial charge on any atom is 0.231 e. The zero-order valence-electron chi connectivity index (χ0n) is 7.23. The van der Waals surface area contributed by atoms with Crippen molar-refractivity contribution < 1.29 is 14.7 Å². The van der Waals surface area contributed by atoms with Crippen LogP contribution in [0.1, 0.15) is 17.3 Å². The van der Waals surface area contributed by atoms with Crippen LogP contribution in [0.4, 0.5) is 0 Å². The maximum atomic E-state index is 11.3. The van der Waals surface area contributed by atoms with E-state index in [1.165, 1.54) is 6.92 Å². The quantitative estimate of drug-likeness (QED) is 0.550. The van der Waals surface area contributed by atoms with Crippen LogP contribution in [0, 0.1) is 0 Å². The number of hydrogen-bond acceptors (Lipinski definition) is 3. The van der Waals surface area contributed by atoms with Gasteiger partial charge in [-0.15, -0.1) is 0 Å². The molecule has 3 heteroatoms. The van der Waals surface area contributed by atoms with Gasteiger partial charge in [-0.25, -0.2) is 0 Å². The van der Waals surface area contributed by atoms with Gasteiger partial charge in [-0.05, 0) is 6.92 Å². The molecule has 13 heavy (non-hydrogen) atoms. The van der Waals surface area contributed by atoms with Crippen molar-refractivity contribution in [2.24, 2.45) is 0 Å². The highest BCUT2D eigenvalue weighted by atomic mass is 16.3. The Morgan fingerprint density at radius 1 is 1.23 bits per heavy atom. The van der Waals surface area contributed by atoms with E-state index < -0.39 is 17.7 Å². The van der Waals surface area contributed by atoms with Crippen LogP contribution in [-0.4, -0.2) is 22.8 Å². The lowest BCUT2D eigenvalue weighted by atomic mass is 10.1. The van der Waals surface area contributed by atoms with Crippen molar-refractivity contribution in [2.45, 2.75) is 13.0 Å². The molecule has 3 nitrogen and oxygen atoms in total. The first-order chi connectivity index (χ1) is 6.13. The van der Waals surface area contributed by atoms with E-state index in [2.05, 4.69) is 0 Å². The van der Waals surface area contributed by atoms with Gasteiger partial charge in [0, 0.05) is 5.56 Å². The fourth-order valence-electron chi connectivity index (χ4n) is 0.922. The summed E-state index contributed by atoms with van der Waals surface area (Å²) in [5, 5.41) is 8.88. The van der Waals surface area contributed by atoms with Crippen LogP contribution in [0.3, 0.4) is 0 Å². The Balaban J connectivity index is 2.87. The molecule has 68 valence electrons. The zero-order chi connectivity index (χ0) is 9.84. The van der Waals surface area contributed by atoms with Gasteiger partial charge >= 0.3 is 0 Å². The summed E-state index contributed by atoms with van der Waals surface area (Å²) in [7, 11) is 0. The highest BCUT2D eigenvalue weighted by molar-refractivity contribution is 6.44. The summed E-state index contributed by atoms with van der Waals surface area (Å²) in [6.07, 6.45) is -1.23. The van der Waals surface area contributed by atoms with Gasteiger partial charge in [0.25, 0.3) is 0 Å². The van der Waals surface area contributed by atoms with Gasteiger partial charge < -0.3 is 5.11 Å². The van der Waals surface area contributed by atoms with Crippen molar-refractivity contribution in [3.05, 3.63) is 35.9 Å². The van der Waals surface area contributed by atoms with E-state index in [0.29, 0.717) is 5.56 Å². The minimum absolute atomic E-state index is 0.313. The Kier molecular flexibility index (Phi) is 2.93. The smallest absolute Gasteiger partial charge is 0.231 e. The summed E-state index contributed by atoms with van der Waals surface area (Å²) in [6, 6.07) is 8.18. The van der Waals surface area contributed by atoms with E-state index in [1.54, 1.807) is 30.3 Å². The molecule has 0 amide bonds. The van der Waals surface area contributed by atoms with Crippen molar-refractivity contribution in [3.8, 4) is 0 Å². The molecule has 0 aliphatic rings. The fraction of sp³-hybridized carbons (Fsp3) is 0.200. The highest BCUT2D eigenvalue weighted by Gasteiger charge is 2.19. The number of aliphatic hydroxyl groups excluding tert-OH is 1. The first-order valence-corrected chi connectivity index (χ1v) is 3.94. The highest BCUT2D eigenvalue weighted by Crippen LogP contribution is 2.02. The number of carbonyl (C=O) groups excluding carboxylic acids is 2. The monoisotopic (exact) mass is 178 g/mol. The summed E-state index contributed by atoms with van der Waals surface area (Å²) in [5.74, 6) is -1.41. The Morgan fingerprint density at radius 3 is 2.23 bits per heavy atom. The lowest BCUT2D eigenvalue weighted by Crippen LogP contribution is -2.25. The first kappa shape index (κ1) is 9.61. The molecule has 0 saturated heterocycles. The number of Topliss-reactive ketones (excluding diaryl/α,β-unsaturated/α-hetero) is 2. The van der Waals surface area contributed by atoms with Gasteiger partial charge in [0.15, 0.2) is 0 Å². The van der Waals surface area contributed by atoms with Gasteiger partial charge in [0.1, 0.15) is 6.10 Å². The third-order valence-corrected chi connectivity index (χ3v) is 1.64. The summed E-state index contributed by atoms with van der Waals surface area (Å²) < 4.78 is 0. The SMILES string of the molecule is CC(O)C(=O)C(=O)c1ccccc1. The van der Waals surface area contributed by atoms with Crippen molar-refractivity contribution >= 4 is 11.6 Å². The van der Waals surface area contributed by atoms with Crippen LogP contribution in [0.2, 0.25) is 0 Å². The van der Waals surface area contributed by atoms with Crippen LogP contribution in [-0.2, 0) is 4.79 Å². The topological polar surface area (TPSA) is 54.4 Å². The molecule has 1 atom stereocenters. The summed E-state index contributed by atoms with van der Waals surface area (Å²) in [5.41, 5.74) is 0.313. The average Bonchev–Trinajstić information content (AvgIpc) is 2.17. The second-order valence-corrected chi connectivity index (χ2v) is 2.74. The molecule has 0 heterocycles. The van der Waals surface area contributed by atoms with Crippen molar-refractivity contribution in [1.82, 2.24) is 0 Å². The summed E-state index contributed by atoms with van der Waals surface area (Å²) in [4.78, 5) is 22.3. The van der Waals surface area contributed by atoms with E-state index in [-0.39, 0.29) is 0 Å². The number of ketones is 2. The zero-order valence-corrected chi connectivity index (χ0v) is 7.23. The lowest BCUT2D eigenvalue weighted by Gasteiger charge is -2.01. The molecular formula is C10H10O3. The van der Waals surface area contributed by atoms with Crippen LogP contribution in [0.5, 0.6) is 0 Å². The largest absolute Gasteiger partial charge is 0.385 e. The molecule has 0 spiro atoms. The van der Waals surface area contributed by atoms with Gasteiger partial charge in [0.2, 0.25) is 11.6 Å². The van der Waals surface area contributed by atoms with Crippen LogP contribution in [0.25, 0.3) is 0 Å².